The third-order valence-electron chi connectivity index (χ3n) is 3.46. The highest BCUT2D eigenvalue weighted by molar-refractivity contribution is 5.93. The van der Waals surface area contributed by atoms with Gasteiger partial charge in [0.05, 0.1) is 5.52 Å². The van der Waals surface area contributed by atoms with Crippen molar-refractivity contribution in [3.8, 4) is 11.1 Å². The molecule has 2 aromatic heterocycles. The van der Waals surface area contributed by atoms with Crippen molar-refractivity contribution in [3.05, 3.63) is 36.5 Å². The fraction of sp³-hybridized carbons (Fsp3) is 0.188. The summed E-state index contributed by atoms with van der Waals surface area (Å²) in [5.74, 6) is 0.963. The Morgan fingerprint density at radius 2 is 2.09 bits per heavy atom. The van der Waals surface area contributed by atoms with Crippen LogP contribution in [0.15, 0.2) is 36.5 Å². The number of pyridine rings is 1. The Morgan fingerprint density at radius 1 is 1.26 bits per heavy atom. The van der Waals surface area contributed by atoms with E-state index in [9.17, 15) is 4.79 Å². The van der Waals surface area contributed by atoms with E-state index in [1.165, 1.54) is 0 Å². The zero-order valence-electron chi connectivity index (χ0n) is 12.8. The Kier molecular flexibility index (Phi) is 4.09. The van der Waals surface area contributed by atoms with Gasteiger partial charge in [-0.25, -0.2) is 9.78 Å². The highest BCUT2D eigenvalue weighted by atomic mass is 16.2. The van der Waals surface area contributed by atoms with Crippen LogP contribution < -0.4 is 16.4 Å². The molecule has 5 N–H and O–H groups in total. The minimum absolute atomic E-state index is 0.258. The van der Waals surface area contributed by atoms with Crippen LogP contribution in [0.3, 0.4) is 0 Å². The molecule has 0 spiro atoms. The standard InChI is InChI=1S/C16H18N6O/c1-2-6-19-16(23)20-14-9-11(5-7-18-14)10-3-4-13-12(8-10)15(17)22-21-13/h3-5,7-9H,2,6H2,1H3,(H3,17,21,22)(H2,18,19,20,23). The van der Waals surface area contributed by atoms with Gasteiger partial charge in [-0.3, -0.25) is 10.4 Å². The number of nitrogens with zero attached hydrogens (tertiary/aromatic N) is 2. The number of amides is 2. The molecule has 0 aliphatic heterocycles. The summed E-state index contributed by atoms with van der Waals surface area (Å²) in [6, 6.07) is 9.30. The molecule has 0 aliphatic rings. The fourth-order valence-corrected chi connectivity index (χ4v) is 2.29. The molecule has 0 atom stereocenters. The van der Waals surface area contributed by atoms with E-state index in [0.717, 1.165) is 28.5 Å². The second-order valence-corrected chi connectivity index (χ2v) is 5.18. The summed E-state index contributed by atoms with van der Waals surface area (Å²) < 4.78 is 0. The number of carbonyl (C=O) groups excluding carboxylic acids is 1. The normalized spacial score (nSPS) is 10.7. The van der Waals surface area contributed by atoms with Crippen molar-refractivity contribution < 1.29 is 4.79 Å². The first-order valence-corrected chi connectivity index (χ1v) is 7.42. The quantitative estimate of drug-likeness (QED) is 0.594. The summed E-state index contributed by atoms with van der Waals surface area (Å²) >= 11 is 0. The van der Waals surface area contributed by atoms with E-state index >= 15 is 0 Å². The van der Waals surface area contributed by atoms with Crippen LogP contribution in [0.2, 0.25) is 0 Å². The molecule has 23 heavy (non-hydrogen) atoms. The topological polar surface area (TPSA) is 109 Å². The molecule has 0 aliphatic carbocycles. The number of nitrogens with two attached hydrogens (primary N) is 1. The number of hydrogen-bond donors (Lipinski definition) is 4. The summed E-state index contributed by atoms with van der Waals surface area (Å²) in [5.41, 5.74) is 8.65. The molecule has 2 amide bonds. The Labute approximate surface area is 133 Å². The van der Waals surface area contributed by atoms with Crippen molar-refractivity contribution in [1.82, 2.24) is 20.5 Å². The number of aromatic nitrogens is 3. The number of anilines is 2. The van der Waals surface area contributed by atoms with Gasteiger partial charge in [0.15, 0.2) is 5.82 Å². The summed E-state index contributed by atoms with van der Waals surface area (Å²) in [4.78, 5) is 15.9. The van der Waals surface area contributed by atoms with E-state index in [4.69, 9.17) is 5.73 Å². The summed E-state index contributed by atoms with van der Waals surface area (Å²) in [6.07, 6.45) is 2.54. The highest BCUT2D eigenvalue weighted by Gasteiger charge is 2.07. The number of nitrogens with one attached hydrogen (secondary N) is 3. The third-order valence-corrected chi connectivity index (χ3v) is 3.46. The van der Waals surface area contributed by atoms with Crippen LogP contribution >= 0.6 is 0 Å². The second-order valence-electron chi connectivity index (χ2n) is 5.18. The monoisotopic (exact) mass is 310 g/mol. The highest BCUT2D eigenvalue weighted by Crippen LogP contribution is 2.27. The minimum Gasteiger partial charge on any atom is -0.382 e. The van der Waals surface area contributed by atoms with Gasteiger partial charge in [-0.05, 0) is 41.8 Å². The largest absolute Gasteiger partial charge is 0.382 e. The van der Waals surface area contributed by atoms with Gasteiger partial charge in [0.1, 0.15) is 5.82 Å². The van der Waals surface area contributed by atoms with Crippen molar-refractivity contribution in [1.29, 1.82) is 0 Å². The second kappa shape index (κ2) is 6.35. The summed E-state index contributed by atoms with van der Waals surface area (Å²) in [7, 11) is 0. The van der Waals surface area contributed by atoms with E-state index in [-0.39, 0.29) is 6.03 Å². The molecular weight excluding hydrogens is 292 g/mol. The molecule has 0 bridgehead atoms. The minimum atomic E-state index is -0.258. The van der Waals surface area contributed by atoms with E-state index in [1.807, 2.05) is 37.3 Å². The van der Waals surface area contributed by atoms with Crippen LogP contribution in [-0.4, -0.2) is 27.8 Å². The van der Waals surface area contributed by atoms with Crippen LogP contribution in [0.4, 0.5) is 16.4 Å². The van der Waals surface area contributed by atoms with Crippen molar-refractivity contribution >= 4 is 28.6 Å². The number of aromatic amines is 1. The predicted molar refractivity (Wildman–Crippen MR) is 91.0 cm³/mol. The lowest BCUT2D eigenvalue weighted by atomic mass is 10.0. The van der Waals surface area contributed by atoms with Crippen molar-refractivity contribution in [2.24, 2.45) is 0 Å². The molecular formula is C16H18N6O. The smallest absolute Gasteiger partial charge is 0.320 e. The number of hydrogen-bond acceptors (Lipinski definition) is 4. The predicted octanol–water partition coefficient (Wildman–Crippen LogP) is 2.74. The van der Waals surface area contributed by atoms with E-state index in [1.54, 1.807) is 6.20 Å². The fourth-order valence-electron chi connectivity index (χ4n) is 2.29. The first-order chi connectivity index (χ1) is 11.2. The van der Waals surface area contributed by atoms with Crippen LogP contribution in [0, 0.1) is 0 Å². The van der Waals surface area contributed by atoms with Gasteiger partial charge < -0.3 is 11.1 Å². The lowest BCUT2D eigenvalue weighted by Gasteiger charge is -2.08. The van der Waals surface area contributed by atoms with Gasteiger partial charge in [-0.2, -0.15) is 5.10 Å². The Bertz CT molecular complexity index is 841. The van der Waals surface area contributed by atoms with Gasteiger partial charge in [0.2, 0.25) is 0 Å². The first-order valence-electron chi connectivity index (χ1n) is 7.42. The van der Waals surface area contributed by atoms with Crippen molar-refractivity contribution in [3.63, 3.8) is 0 Å². The molecule has 3 rings (SSSR count). The number of carbonyl (C=O) groups is 1. The zero-order chi connectivity index (χ0) is 16.2. The number of H-pyrrole nitrogens is 1. The van der Waals surface area contributed by atoms with Crippen molar-refractivity contribution in [2.75, 3.05) is 17.6 Å². The number of nitrogen functional groups attached to an aromatic ring is 1. The van der Waals surface area contributed by atoms with E-state index in [0.29, 0.717) is 18.2 Å². The summed E-state index contributed by atoms with van der Waals surface area (Å²) in [6.45, 7) is 2.62. The molecule has 0 saturated carbocycles. The third kappa shape index (κ3) is 3.23. The maximum atomic E-state index is 11.7. The average Bonchev–Trinajstić information content (AvgIpc) is 2.94. The van der Waals surface area contributed by atoms with Gasteiger partial charge in [0, 0.05) is 18.1 Å². The van der Waals surface area contributed by atoms with E-state index < -0.39 is 0 Å². The average molecular weight is 310 g/mol. The van der Waals surface area contributed by atoms with Gasteiger partial charge in [-0.15, -0.1) is 0 Å². The summed E-state index contributed by atoms with van der Waals surface area (Å²) in [5, 5.41) is 13.2. The van der Waals surface area contributed by atoms with Crippen molar-refractivity contribution in [2.45, 2.75) is 13.3 Å². The molecule has 2 heterocycles. The Hall–Kier alpha value is -3.09. The molecule has 0 radical (unpaired) electrons. The Balaban J connectivity index is 1.85. The lowest BCUT2D eigenvalue weighted by molar-refractivity contribution is 0.252. The maximum Gasteiger partial charge on any atom is 0.320 e. The van der Waals surface area contributed by atoms with Crippen LogP contribution in [-0.2, 0) is 0 Å². The molecule has 1 aromatic carbocycles. The molecule has 7 nitrogen and oxygen atoms in total. The maximum absolute atomic E-state index is 11.7. The van der Waals surface area contributed by atoms with Gasteiger partial charge in [0.25, 0.3) is 0 Å². The SMILES string of the molecule is CCCNC(=O)Nc1cc(-c2ccc3[nH]nc(N)c3c2)ccn1. The molecule has 3 aromatic rings. The van der Waals surface area contributed by atoms with Gasteiger partial charge in [-0.1, -0.05) is 13.0 Å². The molecule has 7 heteroatoms. The van der Waals surface area contributed by atoms with E-state index in [2.05, 4.69) is 25.8 Å². The van der Waals surface area contributed by atoms with Gasteiger partial charge >= 0.3 is 6.03 Å². The first kappa shape index (κ1) is 14.8. The molecule has 0 fully saturated rings. The molecule has 0 saturated heterocycles. The Morgan fingerprint density at radius 3 is 2.91 bits per heavy atom. The zero-order valence-corrected chi connectivity index (χ0v) is 12.8. The molecule has 118 valence electrons. The number of urea groups is 1. The number of fused-ring (bicyclic) bond motifs is 1. The lowest BCUT2D eigenvalue weighted by Crippen LogP contribution is -2.29. The van der Waals surface area contributed by atoms with Crippen LogP contribution in [0.5, 0.6) is 0 Å². The van der Waals surface area contributed by atoms with Crippen LogP contribution in [0.1, 0.15) is 13.3 Å². The number of benzene rings is 1. The molecule has 0 unspecified atom stereocenters. The van der Waals surface area contributed by atoms with Crippen LogP contribution in [0.25, 0.3) is 22.0 Å². The number of rotatable bonds is 4.